The molecule has 0 unspecified atom stereocenters. The van der Waals surface area contributed by atoms with Crippen molar-refractivity contribution >= 4 is 5.82 Å². The standard InChI is InChI=1S/C11H15N3O3/c15-6-8-1-2-9(17-8)14-5-7-3-4-12-10(7)13-11(14)16/h5,8-9,15H,1-4,6H2,(H,12,13,16)/t8-,9+/m0/s1. The lowest BCUT2D eigenvalue weighted by Gasteiger charge is -2.15. The van der Waals surface area contributed by atoms with E-state index >= 15 is 0 Å². The number of aromatic nitrogens is 2. The van der Waals surface area contributed by atoms with Gasteiger partial charge in [-0.25, -0.2) is 4.79 Å². The molecular weight excluding hydrogens is 222 g/mol. The molecule has 0 amide bonds. The Morgan fingerprint density at radius 3 is 3.24 bits per heavy atom. The Bertz CT molecular complexity index is 485. The van der Waals surface area contributed by atoms with Gasteiger partial charge in [0.1, 0.15) is 12.0 Å². The zero-order chi connectivity index (χ0) is 11.8. The van der Waals surface area contributed by atoms with Gasteiger partial charge in [0.15, 0.2) is 0 Å². The van der Waals surface area contributed by atoms with Crippen LogP contribution in [0.5, 0.6) is 0 Å². The summed E-state index contributed by atoms with van der Waals surface area (Å²) in [4.78, 5) is 15.8. The van der Waals surface area contributed by atoms with E-state index in [9.17, 15) is 4.79 Å². The SMILES string of the molecule is O=c1nc2c(cn1[C@H]1CC[C@@H](CO)O1)CCN2. The van der Waals surface area contributed by atoms with Crippen molar-refractivity contribution < 1.29 is 9.84 Å². The molecule has 0 saturated carbocycles. The molecule has 3 heterocycles. The number of nitrogens with one attached hydrogen (secondary N) is 1. The van der Waals surface area contributed by atoms with Crippen molar-refractivity contribution in [1.29, 1.82) is 0 Å². The zero-order valence-corrected chi connectivity index (χ0v) is 9.43. The van der Waals surface area contributed by atoms with E-state index in [-0.39, 0.29) is 24.6 Å². The summed E-state index contributed by atoms with van der Waals surface area (Å²) in [5, 5.41) is 12.1. The number of hydrogen-bond acceptors (Lipinski definition) is 5. The first kappa shape index (κ1) is 10.7. The molecule has 92 valence electrons. The van der Waals surface area contributed by atoms with Crippen LogP contribution in [0.1, 0.15) is 24.6 Å². The molecule has 1 aromatic heterocycles. The zero-order valence-electron chi connectivity index (χ0n) is 9.43. The van der Waals surface area contributed by atoms with Gasteiger partial charge in [0, 0.05) is 18.3 Å². The number of fused-ring (bicyclic) bond motifs is 1. The summed E-state index contributed by atoms with van der Waals surface area (Å²) in [6, 6.07) is 0. The van der Waals surface area contributed by atoms with Gasteiger partial charge in [-0.3, -0.25) is 4.57 Å². The Balaban J connectivity index is 1.91. The highest BCUT2D eigenvalue weighted by Gasteiger charge is 2.27. The van der Waals surface area contributed by atoms with Crippen LogP contribution in [-0.4, -0.2) is 33.9 Å². The molecule has 0 aliphatic carbocycles. The number of ether oxygens (including phenoxy) is 1. The second-order valence-electron chi connectivity index (χ2n) is 4.45. The van der Waals surface area contributed by atoms with Gasteiger partial charge in [-0.1, -0.05) is 0 Å². The van der Waals surface area contributed by atoms with Crippen LogP contribution in [0.4, 0.5) is 5.82 Å². The van der Waals surface area contributed by atoms with Crippen LogP contribution >= 0.6 is 0 Å². The summed E-state index contributed by atoms with van der Waals surface area (Å²) in [5.41, 5.74) is 0.766. The van der Waals surface area contributed by atoms with Crippen LogP contribution in [0.3, 0.4) is 0 Å². The van der Waals surface area contributed by atoms with Gasteiger partial charge in [0.05, 0.1) is 12.7 Å². The lowest BCUT2D eigenvalue weighted by atomic mass is 10.2. The summed E-state index contributed by atoms with van der Waals surface area (Å²) in [5.74, 6) is 0.697. The van der Waals surface area contributed by atoms with Crippen LogP contribution in [-0.2, 0) is 11.2 Å². The minimum absolute atomic E-state index is 0.00513. The highest BCUT2D eigenvalue weighted by atomic mass is 16.5. The Hall–Kier alpha value is -1.40. The molecule has 0 spiro atoms. The molecule has 3 rings (SSSR count). The van der Waals surface area contributed by atoms with Crippen molar-refractivity contribution in [3.63, 3.8) is 0 Å². The Labute approximate surface area is 98.2 Å². The minimum Gasteiger partial charge on any atom is -0.394 e. The van der Waals surface area contributed by atoms with Crippen molar-refractivity contribution in [2.45, 2.75) is 31.6 Å². The predicted octanol–water partition coefficient (Wildman–Crippen LogP) is -0.119. The molecular formula is C11H15N3O3. The van der Waals surface area contributed by atoms with Crippen LogP contribution in [0.25, 0.3) is 0 Å². The third-order valence-corrected chi connectivity index (χ3v) is 3.31. The molecule has 6 heteroatoms. The smallest absolute Gasteiger partial charge is 0.351 e. The summed E-state index contributed by atoms with van der Waals surface area (Å²) >= 11 is 0. The van der Waals surface area contributed by atoms with Crippen LogP contribution in [0, 0.1) is 0 Å². The van der Waals surface area contributed by atoms with Crippen LogP contribution < -0.4 is 11.0 Å². The van der Waals surface area contributed by atoms with Gasteiger partial charge < -0.3 is 15.2 Å². The van der Waals surface area contributed by atoms with Gasteiger partial charge in [0.25, 0.3) is 0 Å². The molecule has 0 aromatic carbocycles. The summed E-state index contributed by atoms with van der Waals surface area (Å²) in [6.45, 7) is 0.835. The molecule has 0 radical (unpaired) electrons. The second-order valence-corrected chi connectivity index (χ2v) is 4.45. The van der Waals surface area contributed by atoms with E-state index in [1.165, 1.54) is 0 Å². The van der Waals surface area contributed by atoms with E-state index in [1.54, 1.807) is 4.57 Å². The van der Waals surface area contributed by atoms with Crippen molar-refractivity contribution in [1.82, 2.24) is 9.55 Å². The molecule has 2 aliphatic rings. The number of nitrogens with zero attached hydrogens (tertiary/aromatic N) is 2. The third kappa shape index (κ3) is 1.83. The van der Waals surface area contributed by atoms with E-state index in [2.05, 4.69) is 10.3 Å². The van der Waals surface area contributed by atoms with Crippen molar-refractivity contribution in [2.75, 3.05) is 18.5 Å². The van der Waals surface area contributed by atoms with Crippen molar-refractivity contribution in [3.05, 3.63) is 22.2 Å². The number of hydrogen-bond donors (Lipinski definition) is 2. The maximum atomic E-state index is 11.8. The fraction of sp³-hybridized carbons (Fsp3) is 0.636. The first-order valence-electron chi connectivity index (χ1n) is 5.90. The maximum absolute atomic E-state index is 11.8. The number of anilines is 1. The van der Waals surface area contributed by atoms with Gasteiger partial charge in [0.2, 0.25) is 0 Å². The van der Waals surface area contributed by atoms with Crippen LogP contribution in [0.15, 0.2) is 11.0 Å². The Morgan fingerprint density at radius 1 is 1.59 bits per heavy atom. The molecule has 2 atom stereocenters. The molecule has 17 heavy (non-hydrogen) atoms. The van der Waals surface area contributed by atoms with Crippen molar-refractivity contribution in [2.24, 2.45) is 0 Å². The lowest BCUT2D eigenvalue weighted by molar-refractivity contribution is -0.0246. The van der Waals surface area contributed by atoms with E-state index in [0.29, 0.717) is 5.82 Å². The van der Waals surface area contributed by atoms with Crippen molar-refractivity contribution in [3.8, 4) is 0 Å². The summed E-state index contributed by atoms with van der Waals surface area (Å²) < 4.78 is 7.13. The van der Waals surface area contributed by atoms with E-state index < -0.39 is 0 Å². The Kier molecular flexibility index (Phi) is 2.60. The number of aliphatic hydroxyl groups is 1. The fourth-order valence-electron chi connectivity index (χ4n) is 2.39. The van der Waals surface area contributed by atoms with E-state index in [0.717, 1.165) is 31.4 Å². The molecule has 1 aromatic rings. The first-order valence-corrected chi connectivity index (χ1v) is 5.90. The summed E-state index contributed by atoms with van der Waals surface area (Å²) in [6.07, 6.45) is 3.81. The number of aliphatic hydroxyl groups excluding tert-OH is 1. The van der Waals surface area contributed by atoms with Gasteiger partial charge in [-0.05, 0) is 19.3 Å². The van der Waals surface area contributed by atoms with E-state index in [1.807, 2.05) is 6.20 Å². The van der Waals surface area contributed by atoms with Gasteiger partial charge in [-0.2, -0.15) is 4.98 Å². The second kappa shape index (κ2) is 4.12. The molecule has 2 aliphatic heterocycles. The Morgan fingerprint density at radius 2 is 2.47 bits per heavy atom. The predicted molar refractivity (Wildman–Crippen MR) is 60.9 cm³/mol. The largest absolute Gasteiger partial charge is 0.394 e. The average Bonchev–Trinajstić information content (AvgIpc) is 2.94. The van der Waals surface area contributed by atoms with E-state index in [4.69, 9.17) is 9.84 Å². The van der Waals surface area contributed by atoms with Gasteiger partial charge in [-0.15, -0.1) is 0 Å². The average molecular weight is 237 g/mol. The quantitative estimate of drug-likeness (QED) is 0.750. The maximum Gasteiger partial charge on any atom is 0.351 e. The topological polar surface area (TPSA) is 76.4 Å². The molecule has 6 nitrogen and oxygen atoms in total. The lowest BCUT2D eigenvalue weighted by Crippen LogP contribution is -2.28. The highest BCUT2D eigenvalue weighted by Crippen LogP contribution is 2.28. The first-order chi connectivity index (χ1) is 8.28. The molecule has 1 fully saturated rings. The minimum atomic E-state index is -0.290. The monoisotopic (exact) mass is 237 g/mol. The molecule has 2 N–H and O–H groups in total. The van der Waals surface area contributed by atoms with Gasteiger partial charge >= 0.3 is 5.69 Å². The van der Waals surface area contributed by atoms with Crippen LogP contribution in [0.2, 0.25) is 0 Å². The normalized spacial score (nSPS) is 26.9. The highest BCUT2D eigenvalue weighted by molar-refractivity contribution is 5.47. The number of rotatable bonds is 2. The summed E-state index contributed by atoms with van der Waals surface area (Å²) in [7, 11) is 0. The third-order valence-electron chi connectivity index (χ3n) is 3.31. The fourth-order valence-corrected chi connectivity index (χ4v) is 2.39. The molecule has 1 saturated heterocycles. The molecule has 0 bridgehead atoms.